The molecule has 0 radical (unpaired) electrons. The van der Waals surface area contributed by atoms with Crippen molar-refractivity contribution < 1.29 is 27.1 Å². The van der Waals surface area contributed by atoms with Gasteiger partial charge in [-0.1, -0.05) is 30.3 Å². The average molecular weight is 339 g/mol. The summed E-state index contributed by atoms with van der Waals surface area (Å²) in [4.78, 5) is 11.7. The highest BCUT2D eigenvalue weighted by molar-refractivity contribution is 5.91. The van der Waals surface area contributed by atoms with Crippen molar-refractivity contribution in [3.8, 4) is 5.75 Å². The van der Waals surface area contributed by atoms with Crippen LogP contribution in [0, 0.1) is 5.82 Å². The molecule has 0 aromatic heterocycles. The van der Waals surface area contributed by atoms with E-state index in [1.54, 1.807) is 6.07 Å². The molecule has 0 atom stereocenters. The zero-order valence-electron chi connectivity index (χ0n) is 12.3. The Hall–Kier alpha value is -2.83. The summed E-state index contributed by atoms with van der Waals surface area (Å²) in [7, 11) is 0. The second-order valence-electron chi connectivity index (χ2n) is 4.76. The monoisotopic (exact) mass is 339 g/mol. The number of ether oxygens (including phenoxy) is 1. The molecule has 0 bridgehead atoms. The third-order valence-corrected chi connectivity index (χ3v) is 2.93. The van der Waals surface area contributed by atoms with E-state index in [2.05, 4.69) is 10.1 Å². The highest BCUT2D eigenvalue weighted by Crippen LogP contribution is 2.26. The van der Waals surface area contributed by atoms with Crippen LogP contribution in [0.1, 0.15) is 11.1 Å². The molecule has 3 nitrogen and oxygen atoms in total. The molecule has 0 heterocycles. The highest BCUT2D eigenvalue weighted by Gasteiger charge is 2.31. The van der Waals surface area contributed by atoms with E-state index in [0.29, 0.717) is 5.56 Å². The number of hydrogen-bond acceptors (Lipinski definition) is 2. The summed E-state index contributed by atoms with van der Waals surface area (Å²) in [6.07, 6.45) is -2.24. The third-order valence-electron chi connectivity index (χ3n) is 2.93. The van der Waals surface area contributed by atoms with Crippen LogP contribution in [0.5, 0.6) is 5.75 Å². The number of alkyl halides is 3. The molecule has 0 fully saturated rings. The van der Waals surface area contributed by atoms with Gasteiger partial charge in [0.15, 0.2) is 0 Å². The molecule has 2 aromatic rings. The minimum Gasteiger partial charge on any atom is -0.405 e. The van der Waals surface area contributed by atoms with E-state index < -0.39 is 18.1 Å². The Labute approximate surface area is 135 Å². The van der Waals surface area contributed by atoms with E-state index in [1.165, 1.54) is 48.6 Å². The van der Waals surface area contributed by atoms with Gasteiger partial charge in [-0.25, -0.2) is 4.39 Å². The van der Waals surface area contributed by atoms with Crippen LogP contribution in [0.2, 0.25) is 0 Å². The predicted octanol–water partition coefficient (Wildman–Crippen LogP) is 4.05. The molecule has 1 N–H and O–H groups in total. The first-order valence-electron chi connectivity index (χ1n) is 6.88. The van der Waals surface area contributed by atoms with Crippen molar-refractivity contribution in [2.75, 3.05) is 0 Å². The molecule has 0 aliphatic heterocycles. The molecule has 2 rings (SSSR count). The fourth-order valence-corrected chi connectivity index (χ4v) is 1.90. The van der Waals surface area contributed by atoms with E-state index in [4.69, 9.17) is 0 Å². The Bertz CT molecular complexity index is 741. The van der Waals surface area contributed by atoms with Crippen molar-refractivity contribution in [1.29, 1.82) is 0 Å². The summed E-state index contributed by atoms with van der Waals surface area (Å²) in [6, 6.07) is 11.1. The second-order valence-corrected chi connectivity index (χ2v) is 4.76. The number of halogens is 4. The Morgan fingerprint density at radius 1 is 1.12 bits per heavy atom. The molecule has 1 amide bonds. The third kappa shape index (κ3) is 5.75. The maximum atomic E-state index is 13.0. The summed E-state index contributed by atoms with van der Waals surface area (Å²) >= 11 is 0. The molecule has 0 unspecified atom stereocenters. The summed E-state index contributed by atoms with van der Waals surface area (Å²) < 4.78 is 53.8. The Balaban J connectivity index is 1.97. The van der Waals surface area contributed by atoms with Crippen LogP contribution in [-0.4, -0.2) is 12.3 Å². The number of para-hydroxylation sites is 1. The standard InChI is InChI=1S/C17H13F4NO2/c18-14-6-3-4-12(10-14)8-9-16(23)22-11-13-5-1-2-7-15(13)24-17(19,20)21/h1-10H,11H2,(H,22,23)/b9-8+. The molecule has 0 saturated heterocycles. The molecule has 0 spiro atoms. The number of benzene rings is 2. The molecule has 0 saturated carbocycles. The molecule has 0 aliphatic carbocycles. The zero-order valence-corrected chi connectivity index (χ0v) is 12.3. The number of nitrogens with one attached hydrogen (secondary N) is 1. The molecule has 7 heteroatoms. The van der Waals surface area contributed by atoms with Crippen LogP contribution in [0.25, 0.3) is 6.08 Å². The minimum absolute atomic E-state index is 0.140. The first-order chi connectivity index (χ1) is 11.3. The van der Waals surface area contributed by atoms with Gasteiger partial charge < -0.3 is 10.1 Å². The molecular formula is C17H13F4NO2. The summed E-state index contributed by atoms with van der Waals surface area (Å²) in [5.41, 5.74) is 0.674. The van der Waals surface area contributed by atoms with Crippen molar-refractivity contribution in [2.24, 2.45) is 0 Å². The van der Waals surface area contributed by atoms with Gasteiger partial charge in [-0.05, 0) is 29.8 Å². The molecule has 0 aliphatic rings. The lowest BCUT2D eigenvalue weighted by molar-refractivity contribution is -0.274. The summed E-state index contributed by atoms with van der Waals surface area (Å²) in [5, 5.41) is 2.44. The Kier molecular flexibility index (Phi) is 5.57. The van der Waals surface area contributed by atoms with Gasteiger partial charge in [-0.15, -0.1) is 13.2 Å². The molecular weight excluding hydrogens is 326 g/mol. The van der Waals surface area contributed by atoms with E-state index in [9.17, 15) is 22.4 Å². The van der Waals surface area contributed by atoms with Gasteiger partial charge in [0.25, 0.3) is 0 Å². The van der Waals surface area contributed by atoms with Gasteiger partial charge in [0.1, 0.15) is 11.6 Å². The van der Waals surface area contributed by atoms with Crippen molar-refractivity contribution >= 4 is 12.0 Å². The van der Waals surface area contributed by atoms with Crippen LogP contribution < -0.4 is 10.1 Å². The first kappa shape index (κ1) is 17.5. The van der Waals surface area contributed by atoms with Crippen molar-refractivity contribution in [1.82, 2.24) is 5.32 Å². The largest absolute Gasteiger partial charge is 0.573 e. The smallest absolute Gasteiger partial charge is 0.405 e. The minimum atomic E-state index is -4.81. The fourth-order valence-electron chi connectivity index (χ4n) is 1.90. The number of carbonyl (C=O) groups is 1. The lowest BCUT2D eigenvalue weighted by atomic mass is 10.2. The maximum absolute atomic E-state index is 13.0. The lowest BCUT2D eigenvalue weighted by Crippen LogP contribution is -2.22. The quantitative estimate of drug-likeness (QED) is 0.659. The Morgan fingerprint density at radius 2 is 1.88 bits per heavy atom. The SMILES string of the molecule is O=C(/C=C/c1cccc(F)c1)NCc1ccccc1OC(F)(F)F. The first-order valence-corrected chi connectivity index (χ1v) is 6.88. The summed E-state index contributed by atoms with van der Waals surface area (Å²) in [6.45, 7) is -0.140. The average Bonchev–Trinajstić information content (AvgIpc) is 2.51. The van der Waals surface area contributed by atoms with Crippen LogP contribution in [0.4, 0.5) is 17.6 Å². The fraction of sp³-hybridized carbons (Fsp3) is 0.118. The normalized spacial score (nSPS) is 11.5. The number of rotatable bonds is 5. The van der Waals surface area contributed by atoms with Gasteiger partial charge in [0.2, 0.25) is 5.91 Å². The molecule has 24 heavy (non-hydrogen) atoms. The van der Waals surface area contributed by atoms with Crippen molar-refractivity contribution in [3.05, 3.63) is 71.6 Å². The Morgan fingerprint density at radius 3 is 2.58 bits per heavy atom. The van der Waals surface area contributed by atoms with Gasteiger partial charge in [0, 0.05) is 18.2 Å². The van der Waals surface area contributed by atoms with Crippen molar-refractivity contribution in [2.45, 2.75) is 12.9 Å². The number of amides is 1. The van der Waals surface area contributed by atoms with E-state index in [1.807, 2.05) is 0 Å². The zero-order chi connectivity index (χ0) is 17.6. The highest BCUT2D eigenvalue weighted by atomic mass is 19.4. The number of hydrogen-bond donors (Lipinski definition) is 1. The second kappa shape index (κ2) is 7.63. The van der Waals surface area contributed by atoms with Gasteiger partial charge in [-0.3, -0.25) is 4.79 Å². The van der Waals surface area contributed by atoms with Crippen LogP contribution in [0.15, 0.2) is 54.6 Å². The van der Waals surface area contributed by atoms with E-state index >= 15 is 0 Å². The topological polar surface area (TPSA) is 38.3 Å². The van der Waals surface area contributed by atoms with Gasteiger partial charge in [0.05, 0.1) is 0 Å². The van der Waals surface area contributed by atoms with Gasteiger partial charge in [-0.2, -0.15) is 0 Å². The van der Waals surface area contributed by atoms with E-state index in [-0.39, 0.29) is 17.9 Å². The maximum Gasteiger partial charge on any atom is 0.573 e. The molecule has 126 valence electrons. The van der Waals surface area contributed by atoms with Crippen LogP contribution in [0.3, 0.4) is 0 Å². The van der Waals surface area contributed by atoms with Crippen LogP contribution in [-0.2, 0) is 11.3 Å². The van der Waals surface area contributed by atoms with Crippen LogP contribution >= 0.6 is 0 Å². The van der Waals surface area contributed by atoms with Crippen molar-refractivity contribution in [3.63, 3.8) is 0 Å². The predicted molar refractivity (Wildman–Crippen MR) is 80.4 cm³/mol. The van der Waals surface area contributed by atoms with Gasteiger partial charge >= 0.3 is 6.36 Å². The summed E-state index contributed by atoms with van der Waals surface area (Å²) in [5.74, 6) is -1.34. The lowest BCUT2D eigenvalue weighted by Gasteiger charge is -2.13. The number of carbonyl (C=O) groups excluding carboxylic acids is 1. The molecule has 2 aromatic carbocycles. The van der Waals surface area contributed by atoms with E-state index in [0.717, 1.165) is 6.07 Å².